The molecule has 2 atom stereocenters. The molecule has 0 radical (unpaired) electrons. The summed E-state index contributed by atoms with van der Waals surface area (Å²) in [6, 6.07) is 0.941. The van der Waals surface area contributed by atoms with Gasteiger partial charge in [0, 0.05) is 48.8 Å². The van der Waals surface area contributed by atoms with Crippen molar-refractivity contribution in [1.29, 1.82) is 0 Å². The van der Waals surface area contributed by atoms with Crippen LogP contribution in [-0.2, 0) is 4.74 Å². The van der Waals surface area contributed by atoms with Gasteiger partial charge in [-0.3, -0.25) is 9.89 Å². The van der Waals surface area contributed by atoms with Crippen LogP contribution < -0.4 is 5.32 Å². The Hall–Kier alpha value is 0.270. The molecule has 2 saturated heterocycles. The van der Waals surface area contributed by atoms with Gasteiger partial charge in [-0.25, -0.2) is 0 Å². The van der Waals surface area contributed by atoms with E-state index in [0.29, 0.717) is 16.8 Å². The van der Waals surface area contributed by atoms with Gasteiger partial charge in [-0.1, -0.05) is 0 Å². The first-order valence-electron chi connectivity index (χ1n) is 8.93. The fourth-order valence-electron chi connectivity index (χ4n) is 3.34. The van der Waals surface area contributed by atoms with Crippen molar-refractivity contribution < 1.29 is 4.74 Å². The van der Waals surface area contributed by atoms with Gasteiger partial charge >= 0.3 is 0 Å². The lowest BCUT2D eigenvalue weighted by atomic mass is 10.2. The molecule has 0 aromatic rings. The first-order chi connectivity index (χ1) is 10.9. The SMILES string of the molecule is CCNC(=NCC(C)N1CCOCC1C)N1CCSC(C)(C)C1.I. The van der Waals surface area contributed by atoms with E-state index in [1.165, 1.54) is 5.75 Å². The molecule has 0 aromatic carbocycles. The Labute approximate surface area is 169 Å². The normalized spacial score (nSPS) is 26.6. The second-order valence-electron chi connectivity index (χ2n) is 7.24. The van der Waals surface area contributed by atoms with Crippen molar-refractivity contribution in [1.82, 2.24) is 15.1 Å². The van der Waals surface area contributed by atoms with Crippen LogP contribution in [-0.4, -0.2) is 84.3 Å². The summed E-state index contributed by atoms with van der Waals surface area (Å²) in [5.41, 5.74) is 0. The van der Waals surface area contributed by atoms with Crippen molar-refractivity contribution in [3.05, 3.63) is 0 Å². The van der Waals surface area contributed by atoms with E-state index in [-0.39, 0.29) is 24.0 Å². The summed E-state index contributed by atoms with van der Waals surface area (Å²) >= 11 is 2.06. The molecular formula is C17H35IN4OS. The highest BCUT2D eigenvalue weighted by Gasteiger charge is 2.29. The number of aliphatic imine (C=N–C) groups is 1. The quantitative estimate of drug-likeness (QED) is 0.389. The molecule has 0 aliphatic carbocycles. The number of thioether (sulfide) groups is 1. The first-order valence-corrected chi connectivity index (χ1v) is 9.92. The summed E-state index contributed by atoms with van der Waals surface area (Å²) in [5.74, 6) is 2.25. The summed E-state index contributed by atoms with van der Waals surface area (Å²) in [6.07, 6.45) is 0. The molecule has 2 aliphatic heterocycles. The van der Waals surface area contributed by atoms with Crippen LogP contribution in [0.4, 0.5) is 0 Å². The van der Waals surface area contributed by atoms with Crippen molar-refractivity contribution in [3.63, 3.8) is 0 Å². The topological polar surface area (TPSA) is 40.1 Å². The molecule has 0 amide bonds. The van der Waals surface area contributed by atoms with Crippen LogP contribution in [0.1, 0.15) is 34.6 Å². The van der Waals surface area contributed by atoms with E-state index in [4.69, 9.17) is 9.73 Å². The zero-order chi connectivity index (χ0) is 16.9. The number of halogens is 1. The van der Waals surface area contributed by atoms with Crippen LogP contribution in [0, 0.1) is 0 Å². The molecule has 2 unspecified atom stereocenters. The van der Waals surface area contributed by atoms with Gasteiger partial charge in [0.2, 0.25) is 0 Å². The van der Waals surface area contributed by atoms with Gasteiger partial charge in [0.15, 0.2) is 5.96 Å². The van der Waals surface area contributed by atoms with E-state index in [2.05, 4.69) is 61.5 Å². The van der Waals surface area contributed by atoms with E-state index in [1.807, 2.05) is 0 Å². The van der Waals surface area contributed by atoms with E-state index in [9.17, 15) is 0 Å². The van der Waals surface area contributed by atoms with Crippen molar-refractivity contribution in [2.75, 3.05) is 51.7 Å². The predicted molar refractivity (Wildman–Crippen MR) is 116 cm³/mol. The molecule has 2 heterocycles. The maximum atomic E-state index is 5.54. The summed E-state index contributed by atoms with van der Waals surface area (Å²) in [7, 11) is 0. The molecule has 0 bridgehead atoms. The average molecular weight is 470 g/mol. The van der Waals surface area contributed by atoms with Crippen molar-refractivity contribution in [2.45, 2.75) is 51.4 Å². The van der Waals surface area contributed by atoms with Crippen molar-refractivity contribution in [3.8, 4) is 0 Å². The Balaban J connectivity index is 0.00000288. The Morgan fingerprint density at radius 1 is 1.42 bits per heavy atom. The number of hydrogen-bond acceptors (Lipinski definition) is 4. The molecule has 5 nitrogen and oxygen atoms in total. The van der Waals surface area contributed by atoms with Gasteiger partial charge in [0.1, 0.15) is 0 Å². The third-order valence-electron chi connectivity index (χ3n) is 4.55. The van der Waals surface area contributed by atoms with Crippen molar-refractivity contribution in [2.24, 2.45) is 4.99 Å². The van der Waals surface area contributed by atoms with Crippen LogP contribution in [0.2, 0.25) is 0 Å². The molecule has 2 fully saturated rings. The largest absolute Gasteiger partial charge is 0.379 e. The number of nitrogens with one attached hydrogen (secondary N) is 1. The van der Waals surface area contributed by atoms with Gasteiger partial charge in [-0.15, -0.1) is 24.0 Å². The number of morpholine rings is 1. The minimum absolute atomic E-state index is 0. The summed E-state index contributed by atoms with van der Waals surface area (Å²) in [4.78, 5) is 9.90. The number of ether oxygens (including phenoxy) is 1. The highest BCUT2D eigenvalue weighted by Crippen LogP contribution is 2.29. The maximum absolute atomic E-state index is 5.54. The standard InChI is InChI=1S/C17H34N4OS.HI/c1-6-18-16(20-8-10-23-17(4,5)13-20)19-11-14(2)21-7-9-22-12-15(21)3;/h14-15H,6-13H2,1-5H3,(H,18,19);1H. The Morgan fingerprint density at radius 2 is 2.17 bits per heavy atom. The third kappa shape index (κ3) is 6.53. The van der Waals surface area contributed by atoms with Gasteiger partial charge in [0.25, 0.3) is 0 Å². The third-order valence-corrected chi connectivity index (χ3v) is 5.85. The van der Waals surface area contributed by atoms with Crippen LogP contribution in [0.25, 0.3) is 0 Å². The maximum Gasteiger partial charge on any atom is 0.194 e. The monoisotopic (exact) mass is 470 g/mol. The molecule has 2 rings (SSSR count). The minimum atomic E-state index is 0. The van der Waals surface area contributed by atoms with Crippen LogP contribution in [0.5, 0.6) is 0 Å². The van der Waals surface area contributed by atoms with E-state index < -0.39 is 0 Å². The Morgan fingerprint density at radius 3 is 2.79 bits per heavy atom. The zero-order valence-corrected chi connectivity index (χ0v) is 19.0. The van der Waals surface area contributed by atoms with Gasteiger partial charge in [0.05, 0.1) is 19.8 Å². The Bertz CT molecular complexity index is 408. The molecule has 24 heavy (non-hydrogen) atoms. The van der Waals surface area contributed by atoms with E-state index >= 15 is 0 Å². The highest BCUT2D eigenvalue weighted by atomic mass is 127. The summed E-state index contributed by atoms with van der Waals surface area (Å²) in [6.45, 7) is 17.9. The number of nitrogens with zero attached hydrogens (tertiary/aromatic N) is 3. The van der Waals surface area contributed by atoms with Crippen LogP contribution in [0.15, 0.2) is 4.99 Å². The lowest BCUT2D eigenvalue weighted by Gasteiger charge is -2.40. The number of hydrogen-bond donors (Lipinski definition) is 1. The van der Waals surface area contributed by atoms with Gasteiger partial charge < -0.3 is 15.0 Å². The lowest BCUT2D eigenvalue weighted by molar-refractivity contribution is -0.0166. The summed E-state index contributed by atoms with van der Waals surface area (Å²) < 4.78 is 5.85. The number of guanidine groups is 1. The lowest BCUT2D eigenvalue weighted by Crippen LogP contribution is -2.52. The smallest absolute Gasteiger partial charge is 0.194 e. The molecule has 0 saturated carbocycles. The molecule has 7 heteroatoms. The summed E-state index contributed by atoms with van der Waals surface area (Å²) in [5, 5.41) is 3.48. The molecule has 2 aliphatic rings. The second kappa shape index (κ2) is 10.4. The fourth-order valence-corrected chi connectivity index (χ4v) is 4.45. The number of rotatable bonds is 4. The van der Waals surface area contributed by atoms with Crippen molar-refractivity contribution >= 4 is 41.7 Å². The van der Waals surface area contributed by atoms with Crippen LogP contribution >= 0.6 is 35.7 Å². The highest BCUT2D eigenvalue weighted by molar-refractivity contribution is 14.0. The first kappa shape index (κ1) is 22.3. The minimum Gasteiger partial charge on any atom is -0.379 e. The Kier molecular flexibility index (Phi) is 9.69. The van der Waals surface area contributed by atoms with E-state index in [1.54, 1.807) is 0 Å². The average Bonchev–Trinajstić information content (AvgIpc) is 2.50. The molecule has 1 N–H and O–H groups in total. The van der Waals surface area contributed by atoms with Gasteiger partial charge in [-0.05, 0) is 34.6 Å². The molecule has 0 aromatic heterocycles. The fraction of sp³-hybridized carbons (Fsp3) is 0.941. The van der Waals surface area contributed by atoms with Crippen LogP contribution in [0.3, 0.4) is 0 Å². The van der Waals surface area contributed by atoms with Gasteiger partial charge in [-0.2, -0.15) is 11.8 Å². The predicted octanol–water partition coefficient (Wildman–Crippen LogP) is 2.51. The molecule has 142 valence electrons. The zero-order valence-electron chi connectivity index (χ0n) is 15.9. The second-order valence-corrected chi connectivity index (χ2v) is 9.04. The molecular weight excluding hydrogens is 435 g/mol. The molecule has 0 spiro atoms. The van der Waals surface area contributed by atoms with E-state index in [0.717, 1.165) is 51.9 Å².